The van der Waals surface area contributed by atoms with Gasteiger partial charge in [-0.1, -0.05) is 22.0 Å². The highest BCUT2D eigenvalue weighted by Crippen LogP contribution is 2.49. The summed E-state index contributed by atoms with van der Waals surface area (Å²) >= 11 is 5.28. The number of halogens is 1. The second kappa shape index (κ2) is 6.25. The average Bonchev–Trinajstić information content (AvgIpc) is 3.46. The van der Waals surface area contributed by atoms with Crippen LogP contribution in [0.3, 0.4) is 0 Å². The first-order valence-electron chi connectivity index (χ1n) is 9.01. The Kier molecular flexibility index (Phi) is 3.67. The van der Waals surface area contributed by atoms with Crippen LogP contribution in [-0.4, -0.2) is 17.5 Å². The molecule has 28 heavy (non-hydrogen) atoms. The summed E-state index contributed by atoms with van der Waals surface area (Å²) in [4.78, 5) is 1.15. The van der Waals surface area contributed by atoms with Crippen molar-refractivity contribution < 1.29 is 14.2 Å². The molecule has 0 radical (unpaired) electrons. The van der Waals surface area contributed by atoms with Crippen LogP contribution in [0.2, 0.25) is 0 Å². The summed E-state index contributed by atoms with van der Waals surface area (Å²) in [5.74, 6) is 2.48. The molecule has 140 valence electrons. The molecule has 0 saturated heterocycles. The SMILES string of the molecule is Brc1ccc2c(c1)[C@@H]1CC(c3ccc4c(c3)OCO4)=NN1[C@@H](c1cccs1)O2. The number of fused-ring (bicyclic) bond motifs is 4. The number of hydrogen-bond acceptors (Lipinski definition) is 6. The first-order chi connectivity index (χ1) is 13.8. The van der Waals surface area contributed by atoms with Crippen molar-refractivity contribution in [3.05, 3.63) is 74.4 Å². The summed E-state index contributed by atoms with van der Waals surface area (Å²) < 4.78 is 18.4. The van der Waals surface area contributed by atoms with E-state index in [9.17, 15) is 0 Å². The molecule has 3 aromatic rings. The molecule has 0 spiro atoms. The third kappa shape index (κ3) is 2.53. The van der Waals surface area contributed by atoms with Gasteiger partial charge in [-0.3, -0.25) is 0 Å². The maximum Gasteiger partial charge on any atom is 0.231 e. The normalized spacial score (nSPS) is 21.8. The van der Waals surface area contributed by atoms with Crippen LogP contribution in [0.15, 0.2) is 63.5 Å². The van der Waals surface area contributed by atoms with Gasteiger partial charge in [0, 0.05) is 22.0 Å². The van der Waals surface area contributed by atoms with Crippen LogP contribution in [0.25, 0.3) is 0 Å². The lowest BCUT2D eigenvalue weighted by atomic mass is 9.96. The number of thiophene rings is 1. The van der Waals surface area contributed by atoms with Crippen LogP contribution in [0.5, 0.6) is 17.2 Å². The number of hydrazone groups is 1. The van der Waals surface area contributed by atoms with Crippen molar-refractivity contribution in [3.63, 3.8) is 0 Å². The van der Waals surface area contributed by atoms with Crippen molar-refractivity contribution in [2.75, 3.05) is 6.79 Å². The third-order valence-electron chi connectivity index (χ3n) is 5.24. The van der Waals surface area contributed by atoms with Gasteiger partial charge in [0.2, 0.25) is 13.0 Å². The van der Waals surface area contributed by atoms with Crippen molar-refractivity contribution in [1.82, 2.24) is 5.01 Å². The highest BCUT2D eigenvalue weighted by molar-refractivity contribution is 9.10. The topological polar surface area (TPSA) is 43.3 Å². The molecule has 4 heterocycles. The van der Waals surface area contributed by atoms with Crippen molar-refractivity contribution in [1.29, 1.82) is 0 Å². The second-order valence-corrected chi connectivity index (χ2v) is 8.78. The molecule has 2 aromatic carbocycles. The van der Waals surface area contributed by atoms with E-state index in [4.69, 9.17) is 19.3 Å². The molecule has 6 rings (SSSR count). The van der Waals surface area contributed by atoms with Gasteiger partial charge in [0.25, 0.3) is 0 Å². The fraction of sp³-hybridized carbons (Fsp3) is 0.190. The van der Waals surface area contributed by atoms with E-state index in [1.54, 1.807) is 11.3 Å². The van der Waals surface area contributed by atoms with E-state index in [1.165, 1.54) is 0 Å². The zero-order chi connectivity index (χ0) is 18.7. The quantitative estimate of drug-likeness (QED) is 0.513. The number of nitrogens with zero attached hydrogens (tertiary/aromatic N) is 2. The van der Waals surface area contributed by atoms with Crippen LogP contribution in [-0.2, 0) is 0 Å². The molecule has 1 aromatic heterocycles. The minimum absolute atomic E-state index is 0.133. The van der Waals surface area contributed by atoms with Crippen LogP contribution in [0, 0.1) is 0 Å². The van der Waals surface area contributed by atoms with Gasteiger partial charge < -0.3 is 14.2 Å². The predicted molar refractivity (Wildman–Crippen MR) is 110 cm³/mol. The van der Waals surface area contributed by atoms with Crippen molar-refractivity contribution in [3.8, 4) is 17.2 Å². The fourth-order valence-corrected chi connectivity index (χ4v) is 5.05. The molecular weight excluding hydrogens is 440 g/mol. The minimum atomic E-state index is -0.217. The minimum Gasteiger partial charge on any atom is -0.464 e. The predicted octanol–water partition coefficient (Wildman–Crippen LogP) is 5.48. The van der Waals surface area contributed by atoms with Crippen LogP contribution >= 0.6 is 27.3 Å². The fourth-order valence-electron chi connectivity index (χ4n) is 3.93. The summed E-state index contributed by atoms with van der Waals surface area (Å²) in [6.07, 6.45) is 0.596. The first kappa shape index (κ1) is 16.4. The molecule has 0 N–H and O–H groups in total. The van der Waals surface area contributed by atoms with Gasteiger partial charge in [0.05, 0.1) is 16.6 Å². The Bertz CT molecular complexity index is 1100. The van der Waals surface area contributed by atoms with E-state index in [-0.39, 0.29) is 19.1 Å². The van der Waals surface area contributed by atoms with Crippen LogP contribution in [0.1, 0.15) is 34.7 Å². The Morgan fingerprint density at radius 2 is 1.93 bits per heavy atom. The van der Waals surface area contributed by atoms with Gasteiger partial charge in [-0.2, -0.15) is 5.10 Å². The lowest BCUT2D eigenvalue weighted by Gasteiger charge is -2.37. The Morgan fingerprint density at radius 3 is 2.82 bits per heavy atom. The molecule has 0 fully saturated rings. The summed E-state index contributed by atoms with van der Waals surface area (Å²) in [6.45, 7) is 0.274. The molecule has 2 atom stereocenters. The Labute approximate surface area is 174 Å². The molecule has 3 aliphatic rings. The Morgan fingerprint density at radius 1 is 1.04 bits per heavy atom. The van der Waals surface area contributed by atoms with E-state index in [2.05, 4.69) is 38.5 Å². The number of rotatable bonds is 2. The standard InChI is InChI=1S/C21H15BrN2O3S/c22-13-4-6-17-14(9-13)16-10-15(12-3-5-18-19(8-12)26-11-25-18)23-24(16)21(27-17)20-2-1-7-28-20/h1-9,16,21H,10-11H2/t16-,21+/m0/s1. The van der Waals surface area contributed by atoms with Crippen LogP contribution in [0.4, 0.5) is 0 Å². The van der Waals surface area contributed by atoms with E-state index in [1.807, 2.05) is 36.4 Å². The maximum atomic E-state index is 6.37. The van der Waals surface area contributed by atoms with E-state index in [0.29, 0.717) is 0 Å². The van der Waals surface area contributed by atoms with Gasteiger partial charge in [-0.25, -0.2) is 5.01 Å². The van der Waals surface area contributed by atoms with Crippen molar-refractivity contribution >= 4 is 33.0 Å². The van der Waals surface area contributed by atoms with E-state index < -0.39 is 0 Å². The number of hydrogen-bond donors (Lipinski definition) is 0. The molecular formula is C21H15BrN2O3S. The monoisotopic (exact) mass is 454 g/mol. The van der Waals surface area contributed by atoms with E-state index >= 15 is 0 Å². The van der Waals surface area contributed by atoms with Gasteiger partial charge in [-0.15, -0.1) is 11.3 Å². The van der Waals surface area contributed by atoms with Gasteiger partial charge in [-0.05, 0) is 47.8 Å². The second-order valence-electron chi connectivity index (χ2n) is 6.88. The molecule has 0 unspecified atom stereocenters. The Hall–Kier alpha value is -2.51. The molecule has 0 saturated carbocycles. The zero-order valence-corrected chi connectivity index (χ0v) is 17.1. The summed E-state index contributed by atoms with van der Waals surface area (Å²) in [6, 6.07) is 16.5. The molecule has 0 aliphatic carbocycles. The maximum absolute atomic E-state index is 6.37. The summed E-state index contributed by atoms with van der Waals surface area (Å²) in [7, 11) is 0. The average molecular weight is 455 g/mol. The van der Waals surface area contributed by atoms with Crippen molar-refractivity contribution in [2.24, 2.45) is 5.10 Å². The lowest BCUT2D eigenvalue weighted by molar-refractivity contribution is -0.0166. The first-order valence-corrected chi connectivity index (χ1v) is 10.7. The van der Waals surface area contributed by atoms with Gasteiger partial charge >= 0.3 is 0 Å². The molecule has 0 bridgehead atoms. The summed E-state index contributed by atoms with van der Waals surface area (Å²) in [5.41, 5.74) is 3.24. The lowest BCUT2D eigenvalue weighted by Crippen LogP contribution is -2.33. The zero-order valence-electron chi connectivity index (χ0n) is 14.7. The number of benzene rings is 2. The third-order valence-corrected chi connectivity index (χ3v) is 6.64. The van der Waals surface area contributed by atoms with E-state index in [0.717, 1.165) is 49.9 Å². The molecule has 5 nitrogen and oxygen atoms in total. The smallest absolute Gasteiger partial charge is 0.231 e. The molecule has 3 aliphatic heterocycles. The Balaban J connectivity index is 1.44. The molecule has 0 amide bonds. The van der Waals surface area contributed by atoms with Gasteiger partial charge in [0.15, 0.2) is 11.5 Å². The highest BCUT2D eigenvalue weighted by Gasteiger charge is 2.41. The molecule has 7 heteroatoms. The van der Waals surface area contributed by atoms with Crippen LogP contribution < -0.4 is 14.2 Å². The summed E-state index contributed by atoms with van der Waals surface area (Å²) in [5, 5.41) is 9.16. The largest absolute Gasteiger partial charge is 0.464 e. The van der Waals surface area contributed by atoms with Gasteiger partial charge in [0.1, 0.15) is 5.75 Å². The number of ether oxygens (including phenoxy) is 3. The highest BCUT2D eigenvalue weighted by atomic mass is 79.9. The van der Waals surface area contributed by atoms with Crippen molar-refractivity contribution in [2.45, 2.75) is 18.7 Å².